The van der Waals surface area contributed by atoms with Crippen LogP contribution in [0.5, 0.6) is 0 Å². The predicted molar refractivity (Wildman–Crippen MR) is 90.9 cm³/mol. The maximum absolute atomic E-state index is 6.08. The molecule has 0 saturated heterocycles. The van der Waals surface area contributed by atoms with E-state index in [0.29, 0.717) is 0 Å². The van der Waals surface area contributed by atoms with Gasteiger partial charge in [-0.05, 0) is 60.4 Å². The number of hydrogen-bond acceptors (Lipinski definition) is 3. The number of nitrogens with one attached hydrogen (secondary N) is 1. The van der Waals surface area contributed by atoms with Crippen molar-refractivity contribution in [1.82, 2.24) is 10.3 Å². The number of hydrogen-bond donors (Lipinski definition) is 1. The van der Waals surface area contributed by atoms with E-state index < -0.39 is 0 Å². The van der Waals surface area contributed by atoms with Gasteiger partial charge in [0.25, 0.3) is 0 Å². The molecule has 2 rings (SSSR count). The van der Waals surface area contributed by atoms with Gasteiger partial charge in [-0.3, -0.25) is 0 Å². The van der Waals surface area contributed by atoms with Crippen molar-refractivity contribution in [3.05, 3.63) is 48.8 Å². The molecule has 1 N–H and O–H groups in total. The van der Waals surface area contributed by atoms with E-state index in [1.165, 1.54) is 10.4 Å². The molecular formula is C15H18BrClN2S. The molecule has 2 aromatic rings. The highest BCUT2D eigenvalue weighted by atomic mass is 79.9. The second kappa shape index (κ2) is 7.03. The first-order valence-electron chi connectivity index (χ1n) is 6.65. The lowest BCUT2D eigenvalue weighted by molar-refractivity contribution is 0.595. The Morgan fingerprint density at radius 1 is 1.40 bits per heavy atom. The summed E-state index contributed by atoms with van der Waals surface area (Å²) >= 11 is 11.3. The monoisotopic (exact) mass is 372 g/mol. The third kappa shape index (κ3) is 3.61. The van der Waals surface area contributed by atoms with Gasteiger partial charge in [-0.2, -0.15) is 0 Å². The molecule has 20 heavy (non-hydrogen) atoms. The molecule has 0 aliphatic heterocycles. The van der Waals surface area contributed by atoms with E-state index in [9.17, 15) is 0 Å². The predicted octanol–water partition coefficient (Wildman–Crippen LogP) is 5.26. The number of halogens is 2. The van der Waals surface area contributed by atoms with Crippen molar-refractivity contribution in [3.8, 4) is 0 Å². The Balaban J connectivity index is 2.38. The van der Waals surface area contributed by atoms with Gasteiger partial charge in [0, 0.05) is 9.35 Å². The summed E-state index contributed by atoms with van der Waals surface area (Å²) in [7, 11) is 0. The van der Waals surface area contributed by atoms with Crippen LogP contribution in [0.4, 0.5) is 0 Å². The quantitative estimate of drug-likeness (QED) is 0.772. The molecule has 0 spiro atoms. The molecule has 0 aliphatic rings. The van der Waals surface area contributed by atoms with Crippen LogP contribution >= 0.6 is 38.9 Å². The average molecular weight is 374 g/mol. The Morgan fingerprint density at radius 3 is 2.70 bits per heavy atom. The van der Waals surface area contributed by atoms with Crippen LogP contribution in [-0.2, 0) is 0 Å². The van der Waals surface area contributed by atoms with Crippen LogP contribution in [0.3, 0.4) is 0 Å². The summed E-state index contributed by atoms with van der Waals surface area (Å²) in [6, 6.07) is 6.18. The molecule has 0 aliphatic carbocycles. The van der Waals surface area contributed by atoms with E-state index in [4.69, 9.17) is 16.6 Å². The molecule has 0 saturated carbocycles. The molecular weight excluding hydrogens is 356 g/mol. The van der Waals surface area contributed by atoms with Gasteiger partial charge in [0.1, 0.15) is 5.01 Å². The van der Waals surface area contributed by atoms with Crippen LogP contribution in [0.2, 0.25) is 5.02 Å². The highest BCUT2D eigenvalue weighted by Gasteiger charge is 2.18. The SMILES string of the molecule is CCCNC(c1ccc(Cl)c(Br)c1)c1nc(C)c(C)s1. The third-order valence-electron chi connectivity index (χ3n) is 3.17. The van der Waals surface area contributed by atoms with Crippen molar-refractivity contribution in [2.45, 2.75) is 33.2 Å². The van der Waals surface area contributed by atoms with Crippen molar-refractivity contribution in [2.24, 2.45) is 0 Å². The first-order chi connectivity index (χ1) is 9.52. The van der Waals surface area contributed by atoms with Crippen LogP contribution in [0.15, 0.2) is 22.7 Å². The Morgan fingerprint density at radius 2 is 2.15 bits per heavy atom. The molecule has 108 valence electrons. The van der Waals surface area contributed by atoms with Gasteiger partial charge in [-0.1, -0.05) is 24.6 Å². The summed E-state index contributed by atoms with van der Waals surface area (Å²) in [5.41, 5.74) is 2.30. The molecule has 1 heterocycles. The summed E-state index contributed by atoms with van der Waals surface area (Å²) in [4.78, 5) is 5.97. The van der Waals surface area contributed by atoms with Crippen molar-refractivity contribution >= 4 is 38.9 Å². The summed E-state index contributed by atoms with van der Waals surface area (Å²) in [5, 5.41) is 5.42. The van der Waals surface area contributed by atoms with Crippen LogP contribution in [0, 0.1) is 13.8 Å². The van der Waals surface area contributed by atoms with Crippen LogP contribution < -0.4 is 5.32 Å². The minimum absolute atomic E-state index is 0.126. The van der Waals surface area contributed by atoms with E-state index >= 15 is 0 Å². The van der Waals surface area contributed by atoms with Gasteiger partial charge >= 0.3 is 0 Å². The fourth-order valence-electron chi connectivity index (χ4n) is 1.95. The zero-order chi connectivity index (χ0) is 14.7. The largest absolute Gasteiger partial charge is 0.304 e. The summed E-state index contributed by atoms with van der Waals surface area (Å²) in [6.45, 7) is 7.30. The summed E-state index contributed by atoms with van der Waals surface area (Å²) in [5.74, 6) is 0. The van der Waals surface area contributed by atoms with Crippen LogP contribution in [-0.4, -0.2) is 11.5 Å². The highest BCUT2D eigenvalue weighted by Crippen LogP contribution is 2.31. The Bertz CT molecular complexity index is 578. The van der Waals surface area contributed by atoms with Gasteiger partial charge in [0.15, 0.2) is 0 Å². The smallest absolute Gasteiger partial charge is 0.115 e. The molecule has 5 heteroatoms. The van der Waals surface area contributed by atoms with E-state index in [2.05, 4.69) is 54.2 Å². The second-order valence-corrected chi connectivity index (χ2v) is 7.25. The number of benzene rings is 1. The lowest BCUT2D eigenvalue weighted by Gasteiger charge is -2.17. The molecule has 0 radical (unpaired) electrons. The van der Waals surface area contributed by atoms with Crippen molar-refractivity contribution < 1.29 is 0 Å². The first-order valence-corrected chi connectivity index (χ1v) is 8.64. The van der Waals surface area contributed by atoms with Crippen LogP contribution in [0.1, 0.15) is 40.5 Å². The molecule has 0 fully saturated rings. The molecule has 0 amide bonds. The number of aryl methyl sites for hydroxylation is 2. The van der Waals surface area contributed by atoms with E-state index in [1.807, 2.05) is 6.07 Å². The normalized spacial score (nSPS) is 12.7. The zero-order valence-electron chi connectivity index (χ0n) is 11.8. The molecule has 0 bridgehead atoms. The molecule has 1 atom stereocenters. The minimum Gasteiger partial charge on any atom is -0.304 e. The molecule has 2 nitrogen and oxygen atoms in total. The maximum atomic E-state index is 6.08. The summed E-state index contributed by atoms with van der Waals surface area (Å²) < 4.78 is 0.921. The number of aromatic nitrogens is 1. The van der Waals surface area contributed by atoms with Gasteiger partial charge in [0.05, 0.1) is 16.8 Å². The standard InChI is InChI=1S/C15H18BrClN2S/c1-4-7-18-14(15-19-9(2)10(3)20-15)11-5-6-13(17)12(16)8-11/h5-6,8,14,18H,4,7H2,1-3H3. The highest BCUT2D eigenvalue weighted by molar-refractivity contribution is 9.10. The van der Waals surface area contributed by atoms with Gasteiger partial charge < -0.3 is 5.32 Å². The van der Waals surface area contributed by atoms with E-state index in [0.717, 1.165) is 33.2 Å². The van der Waals surface area contributed by atoms with Crippen molar-refractivity contribution in [1.29, 1.82) is 0 Å². The minimum atomic E-state index is 0.126. The van der Waals surface area contributed by atoms with E-state index in [1.54, 1.807) is 11.3 Å². The molecule has 1 unspecified atom stereocenters. The molecule has 1 aromatic heterocycles. The Hall–Kier alpha value is -0.420. The second-order valence-electron chi connectivity index (χ2n) is 4.75. The number of thiazole rings is 1. The molecule has 1 aromatic carbocycles. The van der Waals surface area contributed by atoms with Crippen molar-refractivity contribution in [2.75, 3.05) is 6.54 Å². The van der Waals surface area contributed by atoms with Crippen LogP contribution in [0.25, 0.3) is 0 Å². The number of rotatable bonds is 5. The van der Waals surface area contributed by atoms with Gasteiger partial charge in [0.2, 0.25) is 0 Å². The fraction of sp³-hybridized carbons (Fsp3) is 0.400. The number of nitrogens with zero attached hydrogens (tertiary/aromatic N) is 1. The van der Waals surface area contributed by atoms with Gasteiger partial charge in [-0.15, -0.1) is 11.3 Å². The topological polar surface area (TPSA) is 24.9 Å². The first kappa shape index (κ1) is 16.0. The lowest BCUT2D eigenvalue weighted by atomic mass is 10.1. The average Bonchev–Trinajstić information content (AvgIpc) is 2.74. The third-order valence-corrected chi connectivity index (χ3v) is 5.52. The zero-order valence-corrected chi connectivity index (χ0v) is 15.0. The Labute approximate surface area is 137 Å². The maximum Gasteiger partial charge on any atom is 0.115 e. The van der Waals surface area contributed by atoms with Gasteiger partial charge in [-0.25, -0.2) is 4.98 Å². The lowest BCUT2D eigenvalue weighted by Crippen LogP contribution is -2.23. The van der Waals surface area contributed by atoms with Crippen molar-refractivity contribution in [3.63, 3.8) is 0 Å². The summed E-state index contributed by atoms with van der Waals surface area (Å²) in [6.07, 6.45) is 1.09. The van der Waals surface area contributed by atoms with E-state index in [-0.39, 0.29) is 6.04 Å². The fourth-order valence-corrected chi connectivity index (χ4v) is 3.49. The Kier molecular flexibility index (Phi) is 5.61.